The fraction of sp³-hybridized carbons (Fsp3) is 0.333. The topological polar surface area (TPSA) is 54.2 Å². The van der Waals surface area contributed by atoms with Crippen molar-refractivity contribution in [2.24, 2.45) is 0 Å². The molecule has 2 saturated heterocycles. The number of hydrogen-bond donors (Lipinski definition) is 1. The largest absolute Gasteiger partial charge is 0.450 e. The van der Waals surface area contributed by atoms with Gasteiger partial charge in [-0.1, -0.05) is 11.6 Å². The summed E-state index contributed by atoms with van der Waals surface area (Å²) in [6.07, 6.45) is 2.80. The highest BCUT2D eigenvalue weighted by Gasteiger charge is 2.39. The highest BCUT2D eigenvalue weighted by atomic mass is 35.5. The second-order valence-electron chi connectivity index (χ2n) is 5.76. The molecule has 3 aromatic rings. The lowest BCUT2D eigenvalue weighted by atomic mass is 10.2. The van der Waals surface area contributed by atoms with Crippen LogP contribution in [0, 0.1) is 0 Å². The Morgan fingerprint density at radius 2 is 2.29 bits per heavy atom. The molecule has 0 saturated carbocycles. The van der Waals surface area contributed by atoms with E-state index in [0.717, 1.165) is 41.0 Å². The zero-order chi connectivity index (χ0) is 14.0. The minimum atomic E-state index is 0.505. The van der Waals surface area contributed by atoms with Crippen molar-refractivity contribution in [1.82, 2.24) is 15.3 Å². The first kappa shape index (κ1) is 11.8. The minimum Gasteiger partial charge on any atom is -0.450 e. The normalized spacial score (nSPS) is 24.5. The fourth-order valence-corrected chi connectivity index (χ4v) is 3.73. The predicted octanol–water partition coefficient (Wildman–Crippen LogP) is 2.58. The van der Waals surface area contributed by atoms with E-state index in [9.17, 15) is 0 Å². The molecule has 0 amide bonds. The third-order valence-electron chi connectivity index (χ3n) is 4.52. The monoisotopic (exact) mass is 300 g/mol. The molecule has 5 nitrogen and oxygen atoms in total. The third kappa shape index (κ3) is 1.61. The summed E-state index contributed by atoms with van der Waals surface area (Å²) in [6, 6.07) is 6.70. The molecular formula is C15H13ClN4O. The van der Waals surface area contributed by atoms with Crippen LogP contribution in [0.2, 0.25) is 5.02 Å². The van der Waals surface area contributed by atoms with Crippen LogP contribution in [0.25, 0.3) is 22.1 Å². The summed E-state index contributed by atoms with van der Waals surface area (Å²) in [5.74, 6) is 0.904. The standard InChI is InChI=1S/C15H13ClN4O/c16-8-1-2-12-11(3-8)13-14(21-12)15(19-7-18-13)20-6-9-4-10(20)5-17-9/h1-3,7,9-10,17H,4-6H2/t9-,10-/m0/s1. The van der Waals surface area contributed by atoms with Crippen LogP contribution in [-0.4, -0.2) is 35.1 Å². The quantitative estimate of drug-likeness (QED) is 0.748. The van der Waals surface area contributed by atoms with Gasteiger partial charge in [0.2, 0.25) is 0 Å². The number of halogens is 1. The third-order valence-corrected chi connectivity index (χ3v) is 4.76. The van der Waals surface area contributed by atoms with Gasteiger partial charge in [0, 0.05) is 35.6 Å². The molecule has 0 radical (unpaired) electrons. The van der Waals surface area contributed by atoms with E-state index >= 15 is 0 Å². The van der Waals surface area contributed by atoms with E-state index in [1.165, 1.54) is 6.42 Å². The number of hydrogen-bond acceptors (Lipinski definition) is 5. The van der Waals surface area contributed by atoms with Crippen LogP contribution in [0.5, 0.6) is 0 Å². The fourth-order valence-electron chi connectivity index (χ4n) is 3.56. The smallest absolute Gasteiger partial charge is 0.196 e. The van der Waals surface area contributed by atoms with Gasteiger partial charge in [-0.2, -0.15) is 0 Å². The number of piperazine rings is 1. The summed E-state index contributed by atoms with van der Waals surface area (Å²) in [5.41, 5.74) is 2.41. The number of fused-ring (bicyclic) bond motifs is 5. The lowest BCUT2D eigenvalue weighted by Crippen LogP contribution is -2.44. The van der Waals surface area contributed by atoms with Crippen molar-refractivity contribution >= 4 is 39.5 Å². The zero-order valence-electron chi connectivity index (χ0n) is 11.2. The van der Waals surface area contributed by atoms with E-state index in [-0.39, 0.29) is 0 Å². The summed E-state index contributed by atoms with van der Waals surface area (Å²) in [6.45, 7) is 2.00. The zero-order valence-corrected chi connectivity index (χ0v) is 12.0. The van der Waals surface area contributed by atoms with Gasteiger partial charge in [-0.25, -0.2) is 9.97 Å². The van der Waals surface area contributed by atoms with Crippen molar-refractivity contribution in [2.75, 3.05) is 18.0 Å². The Labute approximate surface area is 125 Å². The van der Waals surface area contributed by atoms with E-state index in [4.69, 9.17) is 16.0 Å². The number of benzene rings is 1. The molecule has 4 heterocycles. The molecule has 21 heavy (non-hydrogen) atoms. The molecule has 0 unspecified atom stereocenters. The number of anilines is 1. The van der Waals surface area contributed by atoms with Gasteiger partial charge in [0.15, 0.2) is 11.4 Å². The van der Waals surface area contributed by atoms with Crippen LogP contribution in [0.3, 0.4) is 0 Å². The molecule has 2 aliphatic heterocycles. The van der Waals surface area contributed by atoms with Gasteiger partial charge in [0.1, 0.15) is 17.4 Å². The number of rotatable bonds is 1. The first-order valence-corrected chi connectivity index (χ1v) is 7.50. The number of nitrogens with zero attached hydrogens (tertiary/aromatic N) is 3. The van der Waals surface area contributed by atoms with E-state index in [0.29, 0.717) is 17.1 Å². The van der Waals surface area contributed by atoms with Gasteiger partial charge >= 0.3 is 0 Å². The Bertz CT molecular complexity index is 861. The molecule has 2 aromatic heterocycles. The van der Waals surface area contributed by atoms with Gasteiger partial charge in [0.05, 0.1) is 0 Å². The second kappa shape index (κ2) is 4.08. The summed E-state index contributed by atoms with van der Waals surface area (Å²) >= 11 is 6.09. The number of furan rings is 1. The van der Waals surface area contributed by atoms with Crippen LogP contribution in [-0.2, 0) is 0 Å². The molecular weight excluding hydrogens is 288 g/mol. The van der Waals surface area contributed by atoms with Crippen molar-refractivity contribution < 1.29 is 4.42 Å². The molecule has 1 N–H and O–H groups in total. The first-order valence-electron chi connectivity index (χ1n) is 7.12. The van der Waals surface area contributed by atoms with Gasteiger partial charge in [-0.05, 0) is 24.6 Å². The highest BCUT2D eigenvalue weighted by molar-refractivity contribution is 6.31. The van der Waals surface area contributed by atoms with Gasteiger partial charge in [-0.3, -0.25) is 0 Å². The maximum Gasteiger partial charge on any atom is 0.196 e. The maximum atomic E-state index is 6.09. The molecule has 0 spiro atoms. The first-order chi connectivity index (χ1) is 10.3. The number of nitrogens with one attached hydrogen (secondary N) is 1. The molecule has 2 aliphatic rings. The van der Waals surface area contributed by atoms with Crippen LogP contribution >= 0.6 is 11.6 Å². The van der Waals surface area contributed by atoms with Crippen molar-refractivity contribution in [3.63, 3.8) is 0 Å². The Morgan fingerprint density at radius 1 is 1.33 bits per heavy atom. The second-order valence-corrected chi connectivity index (χ2v) is 6.20. The van der Waals surface area contributed by atoms with Crippen molar-refractivity contribution in [2.45, 2.75) is 18.5 Å². The number of aromatic nitrogens is 2. The Balaban J connectivity index is 1.75. The van der Waals surface area contributed by atoms with Crippen LogP contribution in [0.4, 0.5) is 5.82 Å². The van der Waals surface area contributed by atoms with Crippen LogP contribution in [0.15, 0.2) is 28.9 Å². The average molecular weight is 301 g/mol. The summed E-state index contributed by atoms with van der Waals surface area (Å²) in [4.78, 5) is 11.2. The van der Waals surface area contributed by atoms with Gasteiger partial charge in [0.25, 0.3) is 0 Å². The van der Waals surface area contributed by atoms with Crippen molar-refractivity contribution in [3.8, 4) is 0 Å². The van der Waals surface area contributed by atoms with Gasteiger partial charge in [-0.15, -0.1) is 0 Å². The lowest BCUT2D eigenvalue weighted by molar-refractivity contribution is 0.572. The summed E-state index contributed by atoms with van der Waals surface area (Å²) in [5, 5.41) is 5.14. The van der Waals surface area contributed by atoms with E-state index in [1.54, 1.807) is 6.33 Å². The van der Waals surface area contributed by atoms with Crippen molar-refractivity contribution in [3.05, 3.63) is 29.5 Å². The molecule has 106 valence electrons. The summed E-state index contributed by atoms with van der Waals surface area (Å²) in [7, 11) is 0. The van der Waals surface area contributed by atoms with E-state index in [2.05, 4.69) is 20.2 Å². The molecule has 6 heteroatoms. The maximum absolute atomic E-state index is 6.09. The SMILES string of the molecule is Clc1ccc2oc3c(N4C[C@@H]5C[C@H]4CN5)ncnc3c2c1. The van der Waals surface area contributed by atoms with Crippen LogP contribution in [0.1, 0.15) is 6.42 Å². The molecule has 1 aromatic carbocycles. The molecule has 5 rings (SSSR count). The summed E-state index contributed by atoms with van der Waals surface area (Å²) < 4.78 is 6.01. The molecule has 2 fully saturated rings. The highest BCUT2D eigenvalue weighted by Crippen LogP contribution is 2.37. The Morgan fingerprint density at radius 3 is 3.10 bits per heavy atom. The van der Waals surface area contributed by atoms with E-state index < -0.39 is 0 Å². The Kier molecular flexibility index (Phi) is 2.29. The average Bonchev–Trinajstić information content (AvgIpc) is 3.19. The van der Waals surface area contributed by atoms with Gasteiger partial charge < -0.3 is 14.6 Å². The van der Waals surface area contributed by atoms with Crippen molar-refractivity contribution in [1.29, 1.82) is 0 Å². The van der Waals surface area contributed by atoms with E-state index in [1.807, 2.05) is 18.2 Å². The predicted molar refractivity (Wildman–Crippen MR) is 81.9 cm³/mol. The molecule has 2 atom stereocenters. The minimum absolute atomic E-state index is 0.505. The lowest BCUT2D eigenvalue weighted by Gasteiger charge is -2.28. The molecule has 2 bridgehead atoms. The van der Waals surface area contributed by atoms with Crippen LogP contribution < -0.4 is 10.2 Å². The molecule has 0 aliphatic carbocycles. The Hall–Kier alpha value is -1.85.